The summed E-state index contributed by atoms with van der Waals surface area (Å²) in [5, 5.41) is 0. The number of methoxy groups -OCH3 is 1. The van der Waals surface area contributed by atoms with E-state index in [1.54, 1.807) is 7.11 Å². The van der Waals surface area contributed by atoms with E-state index in [1.807, 2.05) is 19.1 Å². The van der Waals surface area contributed by atoms with Gasteiger partial charge in [-0.25, -0.2) is 9.97 Å². The Hall–Kier alpha value is -2.10. The molecule has 1 aliphatic rings. The van der Waals surface area contributed by atoms with Crippen LogP contribution in [0.15, 0.2) is 24.3 Å². The van der Waals surface area contributed by atoms with Crippen molar-refractivity contribution in [2.24, 2.45) is 5.92 Å². The van der Waals surface area contributed by atoms with Crippen LogP contribution >= 0.6 is 0 Å². The maximum Gasteiger partial charge on any atom is 0.139 e. The van der Waals surface area contributed by atoms with Gasteiger partial charge < -0.3 is 9.64 Å². The first-order valence-corrected chi connectivity index (χ1v) is 7.32. The normalized spacial score (nSPS) is 16.7. The predicted molar refractivity (Wildman–Crippen MR) is 84.4 cm³/mol. The molecule has 0 N–H and O–H groups in total. The second-order valence-corrected chi connectivity index (χ2v) is 5.79. The minimum absolute atomic E-state index is 0.652. The van der Waals surface area contributed by atoms with Gasteiger partial charge in [-0.15, -0.1) is 0 Å². The van der Waals surface area contributed by atoms with Gasteiger partial charge in [0, 0.05) is 24.0 Å². The molecule has 0 bridgehead atoms. The third-order valence-electron chi connectivity index (χ3n) is 4.05. The van der Waals surface area contributed by atoms with Gasteiger partial charge in [0.05, 0.1) is 7.11 Å². The van der Waals surface area contributed by atoms with Crippen LogP contribution in [0.2, 0.25) is 0 Å². The smallest absolute Gasteiger partial charge is 0.139 e. The first-order chi connectivity index (χ1) is 10.1. The van der Waals surface area contributed by atoms with Gasteiger partial charge in [0.15, 0.2) is 0 Å². The van der Waals surface area contributed by atoms with Crippen molar-refractivity contribution >= 4 is 11.5 Å². The topological polar surface area (TPSA) is 38.2 Å². The number of fused-ring (bicyclic) bond motifs is 1. The molecule has 0 spiro atoms. The molecule has 1 heterocycles. The first kappa shape index (κ1) is 13.9. The second-order valence-electron chi connectivity index (χ2n) is 5.79. The molecule has 0 radical (unpaired) electrons. The summed E-state index contributed by atoms with van der Waals surface area (Å²) >= 11 is 0. The van der Waals surface area contributed by atoms with E-state index >= 15 is 0 Å². The van der Waals surface area contributed by atoms with Gasteiger partial charge in [0.1, 0.15) is 17.4 Å². The molecular formula is C17H21N3O. The van der Waals surface area contributed by atoms with Crippen molar-refractivity contribution in [3.05, 3.63) is 41.3 Å². The van der Waals surface area contributed by atoms with Crippen molar-refractivity contribution in [3.63, 3.8) is 0 Å². The molecule has 1 unspecified atom stereocenters. The number of rotatable bonds is 3. The summed E-state index contributed by atoms with van der Waals surface area (Å²) in [6.07, 6.45) is 2.12. The molecule has 1 aromatic heterocycles. The van der Waals surface area contributed by atoms with Crippen molar-refractivity contribution in [2.45, 2.75) is 26.7 Å². The Morgan fingerprint density at radius 3 is 2.52 bits per heavy atom. The zero-order valence-electron chi connectivity index (χ0n) is 13.1. The highest BCUT2D eigenvalue weighted by atomic mass is 16.5. The Balaban J connectivity index is 1.99. The summed E-state index contributed by atoms with van der Waals surface area (Å²) in [6, 6.07) is 8.06. The lowest BCUT2D eigenvalue weighted by molar-refractivity contribution is 0.415. The van der Waals surface area contributed by atoms with Crippen molar-refractivity contribution in [3.8, 4) is 5.75 Å². The van der Waals surface area contributed by atoms with Gasteiger partial charge in [0.2, 0.25) is 0 Å². The van der Waals surface area contributed by atoms with Gasteiger partial charge in [-0.05, 0) is 49.9 Å². The summed E-state index contributed by atoms with van der Waals surface area (Å²) in [5.41, 5.74) is 3.62. The molecule has 0 amide bonds. The number of aromatic nitrogens is 2. The first-order valence-electron chi connectivity index (χ1n) is 7.32. The lowest BCUT2D eigenvalue weighted by atomic mass is 10.1. The quantitative estimate of drug-likeness (QED) is 0.866. The fraction of sp³-hybridized carbons (Fsp3) is 0.412. The lowest BCUT2D eigenvalue weighted by Crippen LogP contribution is -2.15. The number of ether oxygens (including phenoxy) is 1. The standard InChI is InChI=1S/C17H21N3O/c1-11-9-15-16(10-11)18-12(2)19-17(15)20(3)13-5-7-14(21-4)8-6-13/h5-8,11H,9-10H2,1-4H3. The zero-order valence-corrected chi connectivity index (χ0v) is 13.1. The van der Waals surface area contributed by atoms with Crippen LogP contribution in [-0.2, 0) is 12.8 Å². The summed E-state index contributed by atoms with van der Waals surface area (Å²) in [4.78, 5) is 11.4. The highest BCUT2D eigenvalue weighted by Gasteiger charge is 2.25. The summed E-state index contributed by atoms with van der Waals surface area (Å²) in [5.74, 6) is 3.40. The largest absolute Gasteiger partial charge is 0.497 e. The number of benzene rings is 1. The molecule has 2 aromatic rings. The molecule has 4 nitrogen and oxygen atoms in total. The fourth-order valence-electron chi connectivity index (χ4n) is 2.97. The zero-order chi connectivity index (χ0) is 15.0. The number of aryl methyl sites for hydroxylation is 1. The maximum absolute atomic E-state index is 5.22. The Bertz CT molecular complexity index is 652. The van der Waals surface area contributed by atoms with E-state index < -0.39 is 0 Å². The molecule has 0 fully saturated rings. The van der Waals surface area contributed by atoms with Crippen LogP contribution in [0.5, 0.6) is 5.75 Å². The Labute approximate surface area is 125 Å². The van der Waals surface area contributed by atoms with Gasteiger partial charge in [-0.3, -0.25) is 0 Å². The highest BCUT2D eigenvalue weighted by molar-refractivity contribution is 5.64. The van der Waals surface area contributed by atoms with Gasteiger partial charge in [-0.2, -0.15) is 0 Å². The SMILES string of the molecule is COc1ccc(N(C)c2nc(C)nc3c2CC(C)C3)cc1. The Kier molecular flexibility index (Phi) is 3.53. The van der Waals surface area contributed by atoms with Crippen LogP contribution in [0.3, 0.4) is 0 Å². The average molecular weight is 283 g/mol. The molecule has 0 aliphatic heterocycles. The molecule has 1 aliphatic carbocycles. The van der Waals surface area contributed by atoms with E-state index in [9.17, 15) is 0 Å². The summed E-state index contributed by atoms with van der Waals surface area (Å²) in [7, 11) is 3.74. The van der Waals surface area contributed by atoms with Crippen LogP contribution in [0, 0.1) is 12.8 Å². The van der Waals surface area contributed by atoms with Crippen LogP contribution in [0.25, 0.3) is 0 Å². The third-order valence-corrected chi connectivity index (χ3v) is 4.05. The van der Waals surface area contributed by atoms with E-state index in [4.69, 9.17) is 4.74 Å². The molecule has 1 atom stereocenters. The number of hydrogen-bond donors (Lipinski definition) is 0. The lowest BCUT2D eigenvalue weighted by Gasteiger charge is -2.21. The molecule has 110 valence electrons. The molecule has 0 saturated carbocycles. The minimum atomic E-state index is 0.652. The van der Waals surface area contributed by atoms with E-state index in [0.29, 0.717) is 5.92 Å². The Morgan fingerprint density at radius 1 is 1.14 bits per heavy atom. The van der Waals surface area contributed by atoms with E-state index in [2.05, 4.69) is 41.0 Å². The Morgan fingerprint density at radius 2 is 1.86 bits per heavy atom. The fourth-order valence-corrected chi connectivity index (χ4v) is 2.97. The van der Waals surface area contributed by atoms with Crippen molar-refractivity contribution < 1.29 is 4.74 Å². The predicted octanol–water partition coefficient (Wildman–Crippen LogP) is 3.30. The van der Waals surface area contributed by atoms with Crippen LogP contribution in [-0.4, -0.2) is 24.1 Å². The van der Waals surface area contributed by atoms with Crippen LogP contribution < -0.4 is 9.64 Å². The van der Waals surface area contributed by atoms with Gasteiger partial charge in [-0.1, -0.05) is 6.92 Å². The van der Waals surface area contributed by atoms with Crippen molar-refractivity contribution in [1.29, 1.82) is 0 Å². The van der Waals surface area contributed by atoms with Crippen molar-refractivity contribution in [2.75, 3.05) is 19.1 Å². The van der Waals surface area contributed by atoms with E-state index in [0.717, 1.165) is 35.9 Å². The minimum Gasteiger partial charge on any atom is -0.497 e. The monoisotopic (exact) mass is 283 g/mol. The van der Waals surface area contributed by atoms with E-state index in [-0.39, 0.29) is 0 Å². The summed E-state index contributed by atoms with van der Waals surface area (Å²) in [6.45, 7) is 4.24. The van der Waals surface area contributed by atoms with Gasteiger partial charge in [0.25, 0.3) is 0 Å². The highest BCUT2D eigenvalue weighted by Crippen LogP contribution is 2.34. The average Bonchev–Trinajstić information content (AvgIpc) is 2.85. The molecule has 3 rings (SSSR count). The molecular weight excluding hydrogens is 262 g/mol. The number of nitrogens with zero attached hydrogens (tertiary/aromatic N) is 3. The molecule has 21 heavy (non-hydrogen) atoms. The third kappa shape index (κ3) is 2.58. The molecule has 0 saturated heterocycles. The second kappa shape index (κ2) is 5.35. The summed E-state index contributed by atoms with van der Waals surface area (Å²) < 4.78 is 5.22. The van der Waals surface area contributed by atoms with Crippen molar-refractivity contribution in [1.82, 2.24) is 9.97 Å². The molecule has 1 aromatic carbocycles. The van der Waals surface area contributed by atoms with Gasteiger partial charge >= 0.3 is 0 Å². The molecule has 4 heteroatoms. The number of hydrogen-bond acceptors (Lipinski definition) is 4. The van der Waals surface area contributed by atoms with Crippen LogP contribution in [0.1, 0.15) is 24.0 Å². The van der Waals surface area contributed by atoms with E-state index in [1.165, 1.54) is 11.3 Å². The maximum atomic E-state index is 5.22. The van der Waals surface area contributed by atoms with Crippen LogP contribution in [0.4, 0.5) is 11.5 Å². The number of anilines is 2.